The quantitative estimate of drug-likeness (QED) is 0.186. The first kappa shape index (κ1) is 25.2. The highest BCUT2D eigenvalue weighted by Crippen LogP contribution is 2.66. The van der Waals surface area contributed by atoms with Crippen LogP contribution in [-0.4, -0.2) is 6.71 Å². The van der Waals surface area contributed by atoms with E-state index in [2.05, 4.69) is 149 Å². The van der Waals surface area contributed by atoms with Gasteiger partial charge in [0.05, 0.1) is 0 Å². The molecule has 0 saturated heterocycles. The molecule has 0 radical (unpaired) electrons. The van der Waals surface area contributed by atoms with E-state index in [-0.39, 0.29) is 12.1 Å². The van der Waals surface area contributed by atoms with Crippen LogP contribution in [0.4, 0.5) is 34.1 Å². The number of nitrogens with zero attached hydrogens (tertiary/aromatic N) is 2. The highest BCUT2D eigenvalue weighted by molar-refractivity contribution is 7.00. The average Bonchev–Trinajstić information content (AvgIpc) is 3.81. The number of para-hydroxylation sites is 3. The van der Waals surface area contributed by atoms with Crippen molar-refractivity contribution in [3.05, 3.63) is 151 Å². The van der Waals surface area contributed by atoms with E-state index >= 15 is 0 Å². The van der Waals surface area contributed by atoms with Crippen molar-refractivity contribution in [3.63, 3.8) is 0 Å². The van der Waals surface area contributed by atoms with Crippen molar-refractivity contribution >= 4 is 57.2 Å². The van der Waals surface area contributed by atoms with Crippen LogP contribution < -0.4 is 26.2 Å². The highest BCUT2D eigenvalue weighted by Gasteiger charge is 2.56. The Morgan fingerprint density at radius 1 is 0.522 bits per heavy atom. The predicted octanol–water partition coefficient (Wildman–Crippen LogP) is 8.86. The topological polar surface area (TPSA) is 6.48 Å². The molecule has 2 saturated carbocycles. The van der Waals surface area contributed by atoms with Gasteiger partial charge in [-0.25, -0.2) is 0 Å². The second-order valence-corrected chi connectivity index (χ2v) is 14.1. The number of anilines is 6. The summed E-state index contributed by atoms with van der Waals surface area (Å²) in [5, 5.41) is 0. The van der Waals surface area contributed by atoms with Crippen LogP contribution in [0.25, 0.3) is 11.1 Å². The second-order valence-electron chi connectivity index (χ2n) is 14.1. The van der Waals surface area contributed by atoms with Crippen LogP contribution in [0.2, 0.25) is 0 Å². The van der Waals surface area contributed by atoms with Crippen molar-refractivity contribution in [2.45, 2.75) is 31.1 Å². The van der Waals surface area contributed by atoms with Crippen LogP contribution >= 0.6 is 0 Å². The molecule has 2 aliphatic heterocycles. The minimum atomic E-state index is 0.169. The molecular formula is C43H33BN2. The molecule has 2 bridgehead atoms. The van der Waals surface area contributed by atoms with Gasteiger partial charge in [-0.1, -0.05) is 97.4 Å². The second kappa shape index (κ2) is 9.04. The molecule has 5 aliphatic rings. The molecule has 3 atom stereocenters. The fourth-order valence-corrected chi connectivity index (χ4v) is 10.5. The lowest BCUT2D eigenvalue weighted by molar-refractivity contribution is 0.327. The van der Waals surface area contributed by atoms with Gasteiger partial charge in [0.1, 0.15) is 0 Å². The SMILES string of the molecule is c1ccc(N2c3ccccc3B3c4ccccc4N(c4ccc5c(c4)-c4ccccc4[C@]54C[C@@H]5CCC4C5)c4cccc2c43)cc1. The van der Waals surface area contributed by atoms with Gasteiger partial charge in [0, 0.05) is 39.5 Å². The maximum atomic E-state index is 2.55. The summed E-state index contributed by atoms with van der Waals surface area (Å²) in [4.78, 5) is 5.02. The van der Waals surface area contributed by atoms with Crippen molar-refractivity contribution in [1.29, 1.82) is 0 Å². The van der Waals surface area contributed by atoms with E-state index in [0.717, 1.165) is 11.8 Å². The molecule has 2 nitrogen and oxygen atoms in total. The largest absolute Gasteiger partial charge is 0.311 e. The van der Waals surface area contributed by atoms with E-state index in [0.29, 0.717) is 0 Å². The van der Waals surface area contributed by atoms with Crippen LogP contribution in [0.15, 0.2) is 140 Å². The zero-order chi connectivity index (χ0) is 30.0. The first-order chi connectivity index (χ1) is 22.8. The Balaban J connectivity index is 1.15. The number of benzene rings is 6. The number of rotatable bonds is 2. The van der Waals surface area contributed by atoms with Crippen LogP contribution in [0.1, 0.15) is 36.8 Å². The third kappa shape index (κ3) is 3.09. The molecule has 11 rings (SSSR count). The molecule has 2 fully saturated rings. The Labute approximate surface area is 271 Å². The molecule has 0 aromatic heterocycles. The van der Waals surface area contributed by atoms with Crippen LogP contribution in [0.3, 0.4) is 0 Å². The first-order valence-electron chi connectivity index (χ1n) is 17.0. The summed E-state index contributed by atoms with van der Waals surface area (Å²) < 4.78 is 0. The Morgan fingerprint density at radius 2 is 1.15 bits per heavy atom. The van der Waals surface area contributed by atoms with Gasteiger partial charge in [-0.2, -0.15) is 0 Å². The molecule has 1 spiro atoms. The van der Waals surface area contributed by atoms with Crippen LogP contribution in [0.5, 0.6) is 0 Å². The van der Waals surface area contributed by atoms with E-state index in [1.807, 2.05) is 0 Å². The molecule has 3 aliphatic carbocycles. The molecular weight excluding hydrogens is 555 g/mol. The van der Waals surface area contributed by atoms with Gasteiger partial charge >= 0.3 is 0 Å². The predicted molar refractivity (Wildman–Crippen MR) is 192 cm³/mol. The lowest BCUT2D eigenvalue weighted by atomic mass is 9.33. The Hall–Kier alpha value is -5.02. The van der Waals surface area contributed by atoms with Crippen LogP contribution in [-0.2, 0) is 5.41 Å². The number of hydrogen-bond donors (Lipinski definition) is 0. The molecule has 0 amide bonds. The monoisotopic (exact) mass is 588 g/mol. The highest BCUT2D eigenvalue weighted by atomic mass is 15.2. The van der Waals surface area contributed by atoms with E-state index in [4.69, 9.17) is 0 Å². The normalized spacial score (nSPS) is 22.4. The van der Waals surface area contributed by atoms with Gasteiger partial charge in [-0.3, -0.25) is 0 Å². The van der Waals surface area contributed by atoms with E-state index in [9.17, 15) is 0 Å². The van der Waals surface area contributed by atoms with Crippen LogP contribution in [0, 0.1) is 11.8 Å². The summed E-state index contributed by atoms with van der Waals surface area (Å²) in [5.41, 5.74) is 17.9. The van der Waals surface area contributed by atoms with Crippen molar-refractivity contribution in [1.82, 2.24) is 0 Å². The van der Waals surface area contributed by atoms with E-state index < -0.39 is 0 Å². The van der Waals surface area contributed by atoms with E-state index in [1.54, 1.807) is 11.1 Å². The van der Waals surface area contributed by atoms with E-state index in [1.165, 1.54) is 87.3 Å². The summed E-state index contributed by atoms with van der Waals surface area (Å²) >= 11 is 0. The maximum Gasteiger partial charge on any atom is 0.252 e. The third-order valence-electron chi connectivity index (χ3n) is 12.1. The average molecular weight is 589 g/mol. The summed E-state index contributed by atoms with van der Waals surface area (Å²) in [6, 6.07) is 52.7. The lowest BCUT2D eigenvalue weighted by Gasteiger charge is -2.44. The third-order valence-corrected chi connectivity index (χ3v) is 12.1. The van der Waals surface area contributed by atoms with Gasteiger partial charge in [0.2, 0.25) is 0 Å². The molecule has 6 aromatic rings. The van der Waals surface area contributed by atoms with Gasteiger partial charge in [0.25, 0.3) is 6.71 Å². The Bertz CT molecular complexity index is 2220. The Morgan fingerprint density at radius 3 is 1.87 bits per heavy atom. The smallest absolute Gasteiger partial charge is 0.252 e. The molecule has 1 unspecified atom stereocenters. The van der Waals surface area contributed by atoms with Crippen molar-refractivity contribution < 1.29 is 0 Å². The van der Waals surface area contributed by atoms with Crippen molar-refractivity contribution in [2.75, 3.05) is 9.80 Å². The van der Waals surface area contributed by atoms with Crippen molar-refractivity contribution in [2.24, 2.45) is 11.8 Å². The molecule has 6 aromatic carbocycles. The number of hydrogen-bond acceptors (Lipinski definition) is 2. The maximum absolute atomic E-state index is 2.55. The van der Waals surface area contributed by atoms with Gasteiger partial charge in [-0.15, -0.1) is 0 Å². The van der Waals surface area contributed by atoms with Gasteiger partial charge in [0.15, 0.2) is 0 Å². The van der Waals surface area contributed by atoms with Gasteiger partial charge < -0.3 is 9.80 Å². The molecule has 46 heavy (non-hydrogen) atoms. The minimum Gasteiger partial charge on any atom is -0.311 e. The summed E-state index contributed by atoms with van der Waals surface area (Å²) in [6.45, 7) is 0.169. The lowest BCUT2D eigenvalue weighted by Crippen LogP contribution is -2.61. The zero-order valence-electron chi connectivity index (χ0n) is 25.7. The minimum absolute atomic E-state index is 0.169. The van der Waals surface area contributed by atoms with Gasteiger partial charge in [-0.05, 0) is 118 Å². The number of fused-ring (bicyclic) bond motifs is 12. The fraction of sp³-hybridized carbons (Fsp3) is 0.163. The molecule has 3 heteroatoms. The van der Waals surface area contributed by atoms with Crippen molar-refractivity contribution in [3.8, 4) is 11.1 Å². The fourth-order valence-electron chi connectivity index (χ4n) is 10.5. The standard InChI is InChI=1S/C43H33BN2/c1-2-11-30(12-3-1)45-38-17-8-6-15-36(38)44-37-16-7-9-18-39(37)46(41-20-10-19-40(45)42(41)44)31-23-24-35-33(26-31)32-13-4-5-14-34(32)43(35)27-28-21-22-29(43)25-28/h1-20,23-24,26,28-29H,21-22,25,27H2/t28-,29?,43-/m1/s1. The summed E-state index contributed by atoms with van der Waals surface area (Å²) in [5.74, 6) is 1.65. The first-order valence-corrected chi connectivity index (χ1v) is 17.0. The zero-order valence-corrected chi connectivity index (χ0v) is 25.7. The molecule has 218 valence electrons. The molecule has 0 N–H and O–H groups in total. The Kier molecular flexibility index (Phi) is 4.95. The summed E-state index contributed by atoms with van der Waals surface area (Å²) in [7, 11) is 0. The molecule has 2 heterocycles. The summed E-state index contributed by atoms with van der Waals surface area (Å²) in [6.07, 6.45) is 5.49.